The largest absolute Gasteiger partial charge is 0.366 e. The first-order valence-electron chi connectivity index (χ1n) is 3.54. The summed E-state index contributed by atoms with van der Waals surface area (Å²) in [5.41, 5.74) is 6.69. The van der Waals surface area contributed by atoms with E-state index in [1.807, 2.05) is 13.0 Å². The molecule has 0 aliphatic heterocycles. The molecular weight excluding hydrogens is 138 g/mol. The molecule has 0 atom stereocenters. The zero-order valence-corrected chi connectivity index (χ0v) is 6.42. The van der Waals surface area contributed by atoms with Crippen molar-refractivity contribution in [3.8, 4) is 0 Å². The van der Waals surface area contributed by atoms with E-state index in [9.17, 15) is 4.79 Å². The van der Waals surface area contributed by atoms with Gasteiger partial charge in [-0.15, -0.1) is 0 Å². The van der Waals surface area contributed by atoms with Crippen LogP contribution >= 0.6 is 0 Å². The Morgan fingerprint density at radius 3 is 2.91 bits per heavy atom. The Hall–Kier alpha value is -1.31. The summed E-state index contributed by atoms with van der Waals surface area (Å²) >= 11 is 0. The van der Waals surface area contributed by atoms with Gasteiger partial charge in [0.25, 0.3) is 0 Å². The summed E-state index contributed by atoms with van der Waals surface area (Å²) in [7, 11) is 0. The lowest BCUT2D eigenvalue weighted by molar-refractivity contribution is 0.1000. The highest BCUT2D eigenvalue weighted by atomic mass is 16.1. The Bertz CT molecular complexity index is 268. The van der Waals surface area contributed by atoms with Crippen molar-refractivity contribution in [3.63, 3.8) is 0 Å². The van der Waals surface area contributed by atoms with Crippen LogP contribution in [0.25, 0.3) is 0 Å². The van der Waals surface area contributed by atoms with E-state index in [0.717, 1.165) is 12.0 Å². The van der Waals surface area contributed by atoms with Gasteiger partial charge in [-0.2, -0.15) is 0 Å². The van der Waals surface area contributed by atoms with Crippen LogP contribution in [0.3, 0.4) is 0 Å². The van der Waals surface area contributed by atoms with Gasteiger partial charge in [0.2, 0.25) is 5.91 Å². The van der Waals surface area contributed by atoms with Gasteiger partial charge >= 0.3 is 0 Å². The molecule has 1 amide bonds. The fourth-order valence-electron chi connectivity index (χ4n) is 0.868. The average molecular weight is 148 g/mol. The number of carbonyl (C=O) groups is 1. The molecule has 2 nitrogen and oxygen atoms in total. The summed E-state index contributed by atoms with van der Waals surface area (Å²) in [6.45, 7) is 2.02. The van der Waals surface area contributed by atoms with E-state index < -0.39 is 5.91 Å². The molecule has 0 heterocycles. The van der Waals surface area contributed by atoms with E-state index in [1.54, 1.807) is 12.1 Å². The van der Waals surface area contributed by atoms with E-state index in [1.165, 1.54) is 0 Å². The number of benzene rings is 1. The predicted molar refractivity (Wildman–Crippen MR) is 43.2 cm³/mol. The third-order valence-electron chi connectivity index (χ3n) is 1.54. The lowest BCUT2D eigenvalue weighted by Gasteiger charge is -1.97. The summed E-state index contributed by atoms with van der Waals surface area (Å²) in [4.78, 5) is 10.7. The van der Waals surface area contributed by atoms with E-state index in [2.05, 4.69) is 6.07 Å². The van der Waals surface area contributed by atoms with Gasteiger partial charge in [0.1, 0.15) is 0 Å². The van der Waals surface area contributed by atoms with Crippen molar-refractivity contribution >= 4 is 5.91 Å². The molecule has 1 aromatic carbocycles. The van der Waals surface area contributed by atoms with Crippen molar-refractivity contribution in [3.05, 3.63) is 35.4 Å². The van der Waals surface area contributed by atoms with Crippen LogP contribution < -0.4 is 5.73 Å². The van der Waals surface area contributed by atoms with Gasteiger partial charge in [-0.05, 0) is 30.2 Å². The first-order chi connectivity index (χ1) is 5.24. The highest BCUT2D eigenvalue weighted by molar-refractivity contribution is 5.92. The van der Waals surface area contributed by atoms with Gasteiger partial charge in [0, 0.05) is 5.56 Å². The molecule has 1 rings (SSSR count). The summed E-state index contributed by atoms with van der Waals surface area (Å²) in [6, 6.07) is 8.10. The van der Waals surface area contributed by atoms with Crippen molar-refractivity contribution in [1.29, 1.82) is 0 Å². The summed E-state index contributed by atoms with van der Waals surface area (Å²) in [6.07, 6.45) is 0.900. The lowest BCUT2D eigenvalue weighted by atomic mass is 10.1. The molecule has 11 heavy (non-hydrogen) atoms. The van der Waals surface area contributed by atoms with E-state index >= 15 is 0 Å². The van der Waals surface area contributed by atoms with Crippen LogP contribution in [-0.2, 0) is 6.42 Å². The Morgan fingerprint density at radius 2 is 2.36 bits per heavy atom. The summed E-state index contributed by atoms with van der Waals surface area (Å²) in [5, 5.41) is 0. The zero-order valence-electron chi connectivity index (χ0n) is 6.42. The number of carbonyl (C=O) groups excluding carboxylic acids is 1. The SMILES string of the molecule is CCc1c[c]cc(C(N)=O)c1. The second kappa shape index (κ2) is 3.19. The number of primary amides is 1. The number of aryl methyl sites for hydroxylation is 1. The maximum absolute atomic E-state index is 10.7. The molecule has 1 aromatic rings. The standard InChI is InChI=1S/C9H10NO/c1-2-7-4-3-5-8(6-7)9(10)11/h4-6H,2H2,1H3,(H2,10,11). The normalized spacial score (nSPS) is 9.55. The van der Waals surface area contributed by atoms with E-state index in [-0.39, 0.29) is 0 Å². The third-order valence-corrected chi connectivity index (χ3v) is 1.54. The van der Waals surface area contributed by atoms with Gasteiger partial charge in [0.05, 0.1) is 0 Å². The molecule has 0 saturated carbocycles. The van der Waals surface area contributed by atoms with Gasteiger partial charge in [-0.25, -0.2) is 0 Å². The highest BCUT2D eigenvalue weighted by Gasteiger charge is 1.98. The summed E-state index contributed by atoms with van der Waals surface area (Å²) in [5.74, 6) is -0.392. The second-order valence-corrected chi connectivity index (χ2v) is 2.35. The molecule has 0 saturated heterocycles. The number of hydrogen-bond acceptors (Lipinski definition) is 1. The zero-order chi connectivity index (χ0) is 8.27. The predicted octanol–water partition coefficient (Wildman–Crippen LogP) is 1.15. The van der Waals surface area contributed by atoms with Crippen LogP contribution in [0.15, 0.2) is 18.2 Å². The smallest absolute Gasteiger partial charge is 0.248 e. The fraction of sp³-hybridized carbons (Fsp3) is 0.222. The van der Waals surface area contributed by atoms with Gasteiger partial charge < -0.3 is 5.73 Å². The van der Waals surface area contributed by atoms with Crippen molar-refractivity contribution in [2.75, 3.05) is 0 Å². The van der Waals surface area contributed by atoms with Crippen LogP contribution in [0.4, 0.5) is 0 Å². The van der Waals surface area contributed by atoms with Crippen molar-refractivity contribution in [2.24, 2.45) is 5.73 Å². The Labute approximate surface area is 66.0 Å². The first-order valence-corrected chi connectivity index (χ1v) is 3.54. The maximum Gasteiger partial charge on any atom is 0.248 e. The average Bonchev–Trinajstić information content (AvgIpc) is 2.05. The number of rotatable bonds is 2. The molecule has 0 aliphatic carbocycles. The highest BCUT2D eigenvalue weighted by Crippen LogP contribution is 2.03. The molecule has 0 bridgehead atoms. The van der Waals surface area contributed by atoms with Crippen LogP contribution in [-0.4, -0.2) is 5.91 Å². The fourth-order valence-corrected chi connectivity index (χ4v) is 0.868. The van der Waals surface area contributed by atoms with Crippen molar-refractivity contribution < 1.29 is 4.79 Å². The molecule has 0 spiro atoms. The first kappa shape index (κ1) is 7.79. The molecule has 57 valence electrons. The minimum atomic E-state index is -0.392. The molecular formula is C9H10NO. The molecule has 0 aromatic heterocycles. The van der Waals surface area contributed by atoms with Crippen LogP contribution in [0.1, 0.15) is 22.8 Å². The minimum Gasteiger partial charge on any atom is -0.366 e. The minimum absolute atomic E-state index is 0.392. The Balaban J connectivity index is 3.01. The van der Waals surface area contributed by atoms with Gasteiger partial charge in [0.15, 0.2) is 0 Å². The molecule has 1 radical (unpaired) electrons. The molecule has 0 fully saturated rings. The lowest BCUT2D eigenvalue weighted by Crippen LogP contribution is -2.10. The van der Waals surface area contributed by atoms with Gasteiger partial charge in [-0.1, -0.05) is 13.0 Å². The molecule has 2 N–H and O–H groups in total. The van der Waals surface area contributed by atoms with E-state index in [4.69, 9.17) is 5.73 Å². The van der Waals surface area contributed by atoms with E-state index in [0.29, 0.717) is 5.56 Å². The Morgan fingerprint density at radius 1 is 1.64 bits per heavy atom. The third kappa shape index (κ3) is 1.80. The monoisotopic (exact) mass is 148 g/mol. The Kier molecular flexibility index (Phi) is 2.26. The molecule has 0 unspecified atom stereocenters. The second-order valence-electron chi connectivity index (χ2n) is 2.35. The molecule has 2 heteroatoms. The van der Waals surface area contributed by atoms with Crippen LogP contribution in [0.5, 0.6) is 0 Å². The van der Waals surface area contributed by atoms with Crippen molar-refractivity contribution in [2.45, 2.75) is 13.3 Å². The van der Waals surface area contributed by atoms with Gasteiger partial charge in [-0.3, -0.25) is 4.79 Å². The van der Waals surface area contributed by atoms with Crippen molar-refractivity contribution in [1.82, 2.24) is 0 Å². The summed E-state index contributed by atoms with van der Waals surface area (Å²) < 4.78 is 0. The van der Waals surface area contributed by atoms with Crippen LogP contribution in [0, 0.1) is 6.07 Å². The number of nitrogens with two attached hydrogens (primary N) is 1. The van der Waals surface area contributed by atoms with Crippen LogP contribution in [0.2, 0.25) is 0 Å². The topological polar surface area (TPSA) is 43.1 Å². The quantitative estimate of drug-likeness (QED) is 0.671. The number of amides is 1. The molecule has 0 aliphatic rings. The number of hydrogen-bond donors (Lipinski definition) is 1. The maximum atomic E-state index is 10.7.